The van der Waals surface area contributed by atoms with Gasteiger partial charge in [-0.15, -0.1) is 0 Å². The lowest BCUT2D eigenvalue weighted by molar-refractivity contribution is -0.138. The molecule has 0 aliphatic rings. The Morgan fingerprint density at radius 3 is 2.82 bits per heavy atom. The van der Waals surface area contributed by atoms with Crippen LogP contribution in [0, 0.1) is 0 Å². The molecule has 0 amide bonds. The largest absolute Gasteiger partial charge is 0.462 e. The Morgan fingerprint density at radius 2 is 2.24 bits per heavy atom. The van der Waals surface area contributed by atoms with Crippen LogP contribution >= 0.6 is 0 Å². The van der Waals surface area contributed by atoms with Crippen LogP contribution in [0.1, 0.15) is 13.3 Å². The summed E-state index contributed by atoms with van der Waals surface area (Å²) in [7, 11) is 3.70. The highest BCUT2D eigenvalue weighted by atomic mass is 28.3. The van der Waals surface area contributed by atoms with Crippen molar-refractivity contribution in [2.24, 2.45) is 0 Å². The molecule has 0 spiro atoms. The summed E-state index contributed by atoms with van der Waals surface area (Å²) in [5.74, 6) is -0.296. The molecule has 5 nitrogen and oxygen atoms in total. The molecule has 0 rings (SSSR count). The molecule has 0 aromatic heterocycles. The number of hydrogen-bond acceptors (Lipinski definition) is 5. The van der Waals surface area contributed by atoms with Gasteiger partial charge in [0, 0.05) is 5.57 Å². The van der Waals surface area contributed by atoms with E-state index in [1.54, 1.807) is 6.92 Å². The number of carbonyl (C=O) groups excluding carboxylic acids is 1. The normalized spacial score (nSPS) is 10.6. The lowest BCUT2D eigenvalue weighted by atomic mass is 10.4. The van der Waals surface area contributed by atoms with Crippen molar-refractivity contribution < 1.29 is 9.53 Å². The van der Waals surface area contributed by atoms with Crippen molar-refractivity contribution in [3.63, 3.8) is 0 Å². The van der Waals surface area contributed by atoms with Crippen molar-refractivity contribution in [3.05, 3.63) is 12.2 Å². The fourth-order valence-corrected chi connectivity index (χ4v) is 4.79. The van der Waals surface area contributed by atoms with Gasteiger partial charge in [-0.05, 0) is 19.4 Å². The number of ether oxygens (including phenoxy) is 1. The van der Waals surface area contributed by atoms with Gasteiger partial charge in [-0.25, -0.2) is 4.79 Å². The van der Waals surface area contributed by atoms with Crippen LogP contribution in [0.4, 0.5) is 0 Å². The molecule has 0 aromatic rings. The second-order valence-corrected chi connectivity index (χ2v) is 8.99. The van der Waals surface area contributed by atoms with Gasteiger partial charge in [-0.1, -0.05) is 13.1 Å². The van der Waals surface area contributed by atoms with Crippen LogP contribution in [0.25, 0.3) is 0 Å². The van der Waals surface area contributed by atoms with Crippen molar-refractivity contribution in [2.45, 2.75) is 25.9 Å². The second-order valence-electron chi connectivity index (χ2n) is 3.43. The SMILES string of the molecule is C=C(C)C(=O)OCCC[Si](C)N[Si]N[Si]N[Si]. The first-order valence-electron chi connectivity index (χ1n) is 5.15. The quantitative estimate of drug-likeness (QED) is 0.210. The first-order chi connectivity index (χ1) is 8.07. The predicted molar refractivity (Wildman–Crippen MR) is 73.5 cm³/mol. The molecule has 0 bridgehead atoms. The van der Waals surface area contributed by atoms with Crippen LogP contribution < -0.4 is 13.9 Å². The lowest BCUT2D eigenvalue weighted by Gasteiger charge is -2.10. The highest BCUT2D eigenvalue weighted by molar-refractivity contribution is 6.66. The van der Waals surface area contributed by atoms with E-state index in [-0.39, 0.29) is 5.97 Å². The molecule has 92 valence electrons. The van der Waals surface area contributed by atoms with Crippen LogP contribution in [0.15, 0.2) is 12.2 Å². The second kappa shape index (κ2) is 11.1. The molecule has 17 heavy (non-hydrogen) atoms. The van der Waals surface area contributed by atoms with Gasteiger partial charge in [-0.3, -0.25) is 0 Å². The minimum absolute atomic E-state index is 0.296. The van der Waals surface area contributed by atoms with Gasteiger partial charge in [0.25, 0.3) is 0 Å². The maximum atomic E-state index is 11.1. The van der Waals surface area contributed by atoms with Crippen LogP contribution in [0.2, 0.25) is 12.6 Å². The molecule has 3 N–H and O–H groups in total. The topological polar surface area (TPSA) is 62.4 Å². The van der Waals surface area contributed by atoms with Crippen molar-refractivity contribution >= 4 is 45.0 Å². The minimum Gasteiger partial charge on any atom is -0.462 e. The standard InChI is InChI=1S/C8H17N3O2Si4/c1-7(2)8(12)13-5-4-6-17(3)11-16-10-15-9-14/h9-11H,1,4-6H2,2-3H3. The molecule has 9 heteroatoms. The summed E-state index contributed by atoms with van der Waals surface area (Å²) in [6.07, 6.45) is 0.903. The summed E-state index contributed by atoms with van der Waals surface area (Å²) in [4.78, 5) is 11.1. The third kappa shape index (κ3) is 10.8. The Hall–Kier alpha value is -0.0425. The molecule has 0 unspecified atom stereocenters. The van der Waals surface area contributed by atoms with E-state index < -0.39 is 8.96 Å². The van der Waals surface area contributed by atoms with Gasteiger partial charge in [-0.2, -0.15) is 0 Å². The van der Waals surface area contributed by atoms with Crippen LogP contribution in [-0.2, 0) is 9.53 Å². The Bertz CT molecular complexity index is 243. The van der Waals surface area contributed by atoms with E-state index in [0.717, 1.165) is 12.5 Å². The number of esters is 1. The third-order valence-corrected chi connectivity index (χ3v) is 6.55. The van der Waals surface area contributed by atoms with Crippen molar-refractivity contribution in [2.75, 3.05) is 6.61 Å². The van der Waals surface area contributed by atoms with Gasteiger partial charge in [0.1, 0.15) is 19.4 Å². The molecule has 0 aliphatic heterocycles. The maximum absolute atomic E-state index is 11.1. The monoisotopic (exact) mass is 299 g/mol. The van der Waals surface area contributed by atoms with Gasteiger partial charge in [0.2, 0.25) is 19.7 Å². The fraction of sp³-hybridized carbons (Fsp3) is 0.625. The van der Waals surface area contributed by atoms with E-state index in [1.807, 2.05) is 0 Å². The summed E-state index contributed by atoms with van der Waals surface area (Å²) in [5, 5.41) is 0. The first-order valence-corrected chi connectivity index (χ1v) is 9.86. The Labute approximate surface area is 113 Å². The molecule has 0 saturated carbocycles. The highest BCUT2D eigenvalue weighted by Crippen LogP contribution is 1.98. The Morgan fingerprint density at radius 1 is 1.53 bits per heavy atom. The summed E-state index contributed by atoms with van der Waals surface area (Å²) >= 11 is 0. The maximum Gasteiger partial charge on any atom is 0.333 e. The Kier molecular flexibility index (Phi) is 11.0. The zero-order chi connectivity index (χ0) is 13.1. The van der Waals surface area contributed by atoms with E-state index in [2.05, 4.69) is 37.5 Å². The molecule has 8 radical (unpaired) electrons. The van der Waals surface area contributed by atoms with E-state index in [4.69, 9.17) is 4.74 Å². The number of rotatable bonds is 10. The zero-order valence-corrected chi connectivity index (χ0v) is 14.1. The number of hydrogen-bond donors (Lipinski definition) is 3. The molecular formula is C8H17N3O2Si4. The van der Waals surface area contributed by atoms with Gasteiger partial charge in [0.05, 0.1) is 6.61 Å². The number of nitrogens with one attached hydrogen (secondary N) is 3. The van der Waals surface area contributed by atoms with Gasteiger partial charge >= 0.3 is 5.97 Å². The summed E-state index contributed by atoms with van der Waals surface area (Å²) in [6.45, 7) is 7.88. The lowest BCUT2D eigenvalue weighted by Crippen LogP contribution is -2.46. The molecule has 0 saturated heterocycles. The molecule has 0 atom stereocenters. The molecule has 0 aliphatic carbocycles. The summed E-state index contributed by atoms with van der Waals surface area (Å²) in [5.41, 5.74) is 0.457. The van der Waals surface area contributed by atoms with Crippen molar-refractivity contribution in [3.8, 4) is 0 Å². The average Bonchev–Trinajstić information content (AvgIpc) is 2.29. The van der Waals surface area contributed by atoms with Crippen LogP contribution in [-0.4, -0.2) is 51.6 Å². The van der Waals surface area contributed by atoms with E-state index in [1.165, 1.54) is 0 Å². The molecule has 0 fully saturated rings. The van der Waals surface area contributed by atoms with E-state index >= 15 is 0 Å². The first kappa shape index (κ1) is 17.0. The van der Waals surface area contributed by atoms with Crippen molar-refractivity contribution in [1.82, 2.24) is 13.9 Å². The molecular weight excluding hydrogens is 282 g/mol. The van der Waals surface area contributed by atoms with Gasteiger partial charge in [0.15, 0.2) is 0 Å². The van der Waals surface area contributed by atoms with Crippen LogP contribution in [0.5, 0.6) is 0 Å². The summed E-state index contributed by atoms with van der Waals surface area (Å²) in [6, 6.07) is 1.08. The molecule has 0 aromatic carbocycles. The summed E-state index contributed by atoms with van der Waals surface area (Å²) < 4.78 is 14.5. The average molecular weight is 300 g/mol. The highest BCUT2D eigenvalue weighted by Gasteiger charge is 2.06. The smallest absolute Gasteiger partial charge is 0.333 e. The fourth-order valence-electron chi connectivity index (χ4n) is 0.888. The number of carbonyl (C=O) groups is 1. The zero-order valence-electron chi connectivity index (χ0n) is 10.1. The van der Waals surface area contributed by atoms with Crippen LogP contribution in [0.3, 0.4) is 0 Å². The van der Waals surface area contributed by atoms with Crippen molar-refractivity contribution in [1.29, 1.82) is 0 Å². The Balaban J connectivity index is 3.35. The van der Waals surface area contributed by atoms with Gasteiger partial charge < -0.3 is 18.7 Å². The minimum atomic E-state index is -0.541. The molecule has 0 heterocycles. The van der Waals surface area contributed by atoms with E-state index in [9.17, 15) is 4.79 Å². The third-order valence-electron chi connectivity index (χ3n) is 1.74. The van der Waals surface area contributed by atoms with E-state index in [0.29, 0.717) is 31.9 Å². The predicted octanol–water partition coefficient (Wildman–Crippen LogP) is -0.962.